The molecule has 0 atom stereocenters. The summed E-state index contributed by atoms with van der Waals surface area (Å²) in [7, 11) is 0.320. The molecule has 0 fully saturated rings. The van der Waals surface area contributed by atoms with Crippen molar-refractivity contribution in [1.29, 1.82) is 0 Å². The third-order valence-electron chi connectivity index (χ3n) is 8.47. The molecule has 0 saturated carbocycles. The highest BCUT2D eigenvalue weighted by Gasteiger charge is 2.50. The van der Waals surface area contributed by atoms with Crippen molar-refractivity contribution in [3.05, 3.63) is 148 Å². The Labute approximate surface area is 288 Å². The topological polar surface area (TPSA) is 112 Å². The number of ether oxygens (including phenoxy) is 2. The fraction of sp³-hybridized carbons (Fsp3) is 0.205. The first kappa shape index (κ1) is 34.9. The van der Waals surface area contributed by atoms with Crippen molar-refractivity contribution in [2.75, 3.05) is 24.9 Å². The van der Waals surface area contributed by atoms with Gasteiger partial charge in [-0.1, -0.05) is 93.6 Å². The minimum atomic E-state index is -2.85. The first-order valence-electron chi connectivity index (χ1n) is 15.9. The zero-order valence-electron chi connectivity index (χ0n) is 28.4. The largest absolute Gasteiger partial charge is 0.493 e. The number of benzene rings is 5. The summed E-state index contributed by atoms with van der Waals surface area (Å²) in [4.78, 5) is 24.8. The molecule has 5 aromatic carbocycles. The van der Waals surface area contributed by atoms with Gasteiger partial charge in [0.1, 0.15) is 5.69 Å². The number of nitrogens with one attached hydrogen (secondary N) is 2. The summed E-state index contributed by atoms with van der Waals surface area (Å²) in [5, 5.41) is 20.1. The number of methoxy groups -OCH3 is 2. The third kappa shape index (κ3) is 7.83. The number of amides is 1. The fourth-order valence-electron chi connectivity index (χ4n) is 6.00. The van der Waals surface area contributed by atoms with E-state index in [9.17, 15) is 14.9 Å². The van der Waals surface area contributed by atoms with Crippen LogP contribution in [0, 0.1) is 10.1 Å². The molecule has 0 spiro atoms. The molecule has 10 heteroatoms. The lowest BCUT2D eigenvalue weighted by Gasteiger charge is -2.43. The van der Waals surface area contributed by atoms with Crippen LogP contribution in [-0.4, -0.2) is 33.4 Å². The number of hydrogen-bond donors (Lipinski definition) is 2. The van der Waals surface area contributed by atoms with E-state index in [1.165, 1.54) is 6.07 Å². The number of rotatable bonds is 13. The average molecular weight is 676 g/mol. The smallest absolute Gasteiger partial charge is 0.292 e. The van der Waals surface area contributed by atoms with E-state index in [1.54, 1.807) is 38.5 Å². The molecule has 0 unspecified atom stereocenters. The third-order valence-corrected chi connectivity index (χ3v) is 13.5. The minimum absolute atomic E-state index is 0.109. The Balaban J connectivity index is 1.34. The highest BCUT2D eigenvalue weighted by atomic mass is 28.4. The van der Waals surface area contributed by atoms with E-state index in [1.807, 2.05) is 66.7 Å². The first-order chi connectivity index (χ1) is 23.6. The van der Waals surface area contributed by atoms with Crippen molar-refractivity contribution in [3.8, 4) is 11.5 Å². The van der Waals surface area contributed by atoms with Crippen LogP contribution in [-0.2, 0) is 17.6 Å². The standard InChI is InChI=1S/C39H41N3O6Si/c1-39(2,3)49(32-12-8-6-9-13-32,33-14-10-7-11-15-33)48-27-29-18-22-35(42(44)45)34(24-29)41-38(43)30-19-16-28(17-20-30)26-40-31-21-23-36(46-4)37(25-31)47-5/h6-25,40H,26-27H2,1-5H3,(H,41,43). The summed E-state index contributed by atoms with van der Waals surface area (Å²) in [6, 6.07) is 37.9. The maximum absolute atomic E-state index is 13.3. The Morgan fingerprint density at radius 1 is 0.755 bits per heavy atom. The van der Waals surface area contributed by atoms with Crippen LogP contribution >= 0.6 is 0 Å². The maximum Gasteiger partial charge on any atom is 0.292 e. The van der Waals surface area contributed by atoms with Crippen LogP contribution in [0.1, 0.15) is 42.3 Å². The van der Waals surface area contributed by atoms with Gasteiger partial charge in [0.15, 0.2) is 11.5 Å². The van der Waals surface area contributed by atoms with Gasteiger partial charge in [0.05, 0.1) is 25.7 Å². The quantitative estimate of drug-likeness (QED) is 0.0753. The highest BCUT2D eigenvalue weighted by Crippen LogP contribution is 2.38. The lowest BCUT2D eigenvalue weighted by molar-refractivity contribution is -0.383. The molecule has 0 bridgehead atoms. The number of hydrogen-bond acceptors (Lipinski definition) is 7. The van der Waals surface area contributed by atoms with Crippen LogP contribution in [0.4, 0.5) is 17.1 Å². The molecule has 0 radical (unpaired) electrons. The molecule has 252 valence electrons. The second-order valence-electron chi connectivity index (χ2n) is 12.6. The van der Waals surface area contributed by atoms with Gasteiger partial charge < -0.3 is 24.5 Å². The molecular formula is C39H41N3O6Si. The zero-order valence-corrected chi connectivity index (χ0v) is 29.4. The van der Waals surface area contributed by atoms with Gasteiger partial charge in [-0.25, -0.2) is 0 Å². The molecule has 0 aliphatic rings. The van der Waals surface area contributed by atoms with Crippen molar-refractivity contribution in [3.63, 3.8) is 0 Å². The van der Waals surface area contributed by atoms with Crippen LogP contribution in [0.15, 0.2) is 121 Å². The molecule has 0 aliphatic heterocycles. The van der Waals surface area contributed by atoms with Crippen molar-refractivity contribution in [2.45, 2.75) is 39.0 Å². The molecule has 0 aliphatic carbocycles. The molecule has 5 aromatic rings. The number of carbonyl (C=O) groups excluding carboxylic acids is 1. The van der Waals surface area contributed by atoms with E-state index in [-0.39, 0.29) is 23.0 Å². The van der Waals surface area contributed by atoms with E-state index < -0.39 is 19.1 Å². The Bertz CT molecular complexity index is 1860. The van der Waals surface area contributed by atoms with Crippen LogP contribution < -0.4 is 30.5 Å². The van der Waals surface area contributed by atoms with E-state index in [0.717, 1.165) is 21.6 Å². The first-order valence-corrected chi connectivity index (χ1v) is 17.8. The number of nitro groups is 1. The van der Waals surface area contributed by atoms with E-state index in [2.05, 4.69) is 55.7 Å². The Morgan fingerprint density at radius 3 is 1.90 bits per heavy atom. The molecule has 0 heterocycles. The Kier molecular flexibility index (Phi) is 10.8. The van der Waals surface area contributed by atoms with Crippen molar-refractivity contribution < 1.29 is 23.6 Å². The highest BCUT2D eigenvalue weighted by molar-refractivity contribution is 6.99. The average Bonchev–Trinajstić information content (AvgIpc) is 3.11. The van der Waals surface area contributed by atoms with Crippen molar-refractivity contribution in [1.82, 2.24) is 0 Å². The summed E-state index contributed by atoms with van der Waals surface area (Å²) in [5.41, 5.74) is 2.80. The van der Waals surface area contributed by atoms with Crippen LogP contribution in [0.2, 0.25) is 5.04 Å². The van der Waals surface area contributed by atoms with Gasteiger partial charge in [0.2, 0.25) is 0 Å². The monoisotopic (exact) mass is 675 g/mol. The van der Waals surface area contributed by atoms with Gasteiger partial charge in [-0.15, -0.1) is 0 Å². The lowest BCUT2D eigenvalue weighted by atomic mass is 10.1. The van der Waals surface area contributed by atoms with Gasteiger partial charge in [-0.3, -0.25) is 14.9 Å². The number of carbonyl (C=O) groups is 1. The second kappa shape index (κ2) is 15.2. The lowest BCUT2D eigenvalue weighted by Crippen LogP contribution is -2.66. The summed E-state index contributed by atoms with van der Waals surface area (Å²) in [6.45, 7) is 7.29. The van der Waals surface area contributed by atoms with Crippen LogP contribution in [0.3, 0.4) is 0 Å². The maximum atomic E-state index is 13.3. The number of nitro benzene ring substituents is 1. The van der Waals surface area contributed by atoms with Crippen LogP contribution in [0.25, 0.3) is 0 Å². The summed E-state index contributed by atoms with van der Waals surface area (Å²) < 4.78 is 17.7. The second-order valence-corrected chi connectivity index (χ2v) is 16.9. The van der Waals surface area contributed by atoms with Gasteiger partial charge in [-0.05, 0) is 62.9 Å². The molecule has 2 N–H and O–H groups in total. The number of anilines is 2. The summed E-state index contributed by atoms with van der Waals surface area (Å²) >= 11 is 0. The van der Waals surface area contributed by atoms with Gasteiger partial charge in [-0.2, -0.15) is 0 Å². The summed E-state index contributed by atoms with van der Waals surface area (Å²) in [6.07, 6.45) is 0. The summed E-state index contributed by atoms with van der Waals surface area (Å²) in [5.74, 6) is 0.806. The van der Waals surface area contributed by atoms with E-state index >= 15 is 0 Å². The minimum Gasteiger partial charge on any atom is -0.493 e. The zero-order chi connectivity index (χ0) is 35.0. The Hall–Kier alpha value is -5.45. The number of nitrogens with zero attached hydrogens (tertiary/aromatic N) is 1. The normalized spacial score (nSPS) is 11.4. The predicted molar refractivity (Wildman–Crippen MR) is 197 cm³/mol. The van der Waals surface area contributed by atoms with Crippen LogP contribution in [0.5, 0.6) is 11.5 Å². The molecule has 0 aromatic heterocycles. The van der Waals surface area contributed by atoms with Crippen molar-refractivity contribution >= 4 is 41.7 Å². The molecule has 1 amide bonds. The van der Waals surface area contributed by atoms with Gasteiger partial charge in [0, 0.05) is 29.9 Å². The molecule has 5 rings (SSSR count). The molecule has 49 heavy (non-hydrogen) atoms. The molecular weight excluding hydrogens is 635 g/mol. The van der Waals surface area contributed by atoms with Gasteiger partial charge >= 0.3 is 0 Å². The fourth-order valence-corrected chi connectivity index (χ4v) is 10.5. The van der Waals surface area contributed by atoms with E-state index in [4.69, 9.17) is 13.9 Å². The Morgan fingerprint density at radius 2 is 1.35 bits per heavy atom. The van der Waals surface area contributed by atoms with E-state index in [0.29, 0.717) is 29.2 Å². The predicted octanol–water partition coefficient (Wildman–Crippen LogP) is 7.55. The van der Waals surface area contributed by atoms with Gasteiger partial charge in [0.25, 0.3) is 19.9 Å². The van der Waals surface area contributed by atoms with Crippen molar-refractivity contribution in [2.24, 2.45) is 0 Å². The SMILES string of the molecule is COc1ccc(NCc2ccc(C(=O)Nc3cc(CO[Si](c4ccccc4)(c4ccccc4)C(C)(C)C)ccc3[N+](=O)[O-])cc2)cc1OC. The molecule has 0 saturated heterocycles. The molecule has 9 nitrogen and oxygen atoms in total.